The molecule has 0 aromatic heterocycles. The fourth-order valence-electron chi connectivity index (χ4n) is 6.11. The second-order valence-electron chi connectivity index (χ2n) is 11.9. The molecule has 6 N–H and O–H groups in total. The molecule has 11 nitrogen and oxygen atoms in total. The molecule has 1 unspecified atom stereocenters. The Bertz CT molecular complexity index is 1390. The standard InChI is InChI=1S/C31H44FN5O6S.2ClH/c32-26-9-10-28(25-4-2-1-3-24(25)26)44(42,43)37-27(31(40)41)19-35-29(38)20-36-30(39)23(7-5-21-11-15-33-16-12-21)8-6-22-13-17-34-18-14-22;;/h1-4,9-10,21-23,27,33-34,37H,5-8,11-20H2,(H,35,38)(H,36,39)(H,40,41);2*1H. The Labute approximate surface area is 282 Å². The summed E-state index contributed by atoms with van der Waals surface area (Å²) < 4.78 is 42.5. The topological polar surface area (TPSA) is 166 Å². The van der Waals surface area contributed by atoms with E-state index in [0.717, 1.165) is 89.7 Å². The predicted molar refractivity (Wildman–Crippen MR) is 179 cm³/mol. The lowest BCUT2D eigenvalue weighted by Gasteiger charge is -2.27. The van der Waals surface area contributed by atoms with E-state index in [9.17, 15) is 32.3 Å². The molecular weight excluding hydrogens is 660 g/mol. The van der Waals surface area contributed by atoms with Crippen LogP contribution in [0.4, 0.5) is 4.39 Å². The van der Waals surface area contributed by atoms with Crippen LogP contribution in [0, 0.1) is 23.6 Å². The Hall–Kier alpha value is -2.55. The van der Waals surface area contributed by atoms with Gasteiger partial charge in [0.25, 0.3) is 0 Å². The minimum atomic E-state index is -4.39. The molecule has 2 aliphatic rings. The highest BCUT2D eigenvalue weighted by molar-refractivity contribution is 7.89. The number of halogens is 3. The van der Waals surface area contributed by atoms with Crippen molar-refractivity contribution < 1.29 is 32.3 Å². The van der Waals surface area contributed by atoms with Crippen LogP contribution in [0.5, 0.6) is 0 Å². The summed E-state index contributed by atoms with van der Waals surface area (Å²) in [7, 11) is -4.39. The molecular formula is C31H46Cl2FN5O6S. The van der Waals surface area contributed by atoms with Crippen molar-refractivity contribution in [1.29, 1.82) is 0 Å². The second-order valence-corrected chi connectivity index (χ2v) is 13.5. The Morgan fingerprint density at radius 1 is 0.848 bits per heavy atom. The van der Waals surface area contributed by atoms with Crippen molar-refractivity contribution in [2.45, 2.75) is 62.3 Å². The molecule has 2 amide bonds. The number of carboxylic acid groups (broad SMARTS) is 1. The van der Waals surface area contributed by atoms with Crippen LogP contribution in [-0.4, -0.2) is 76.6 Å². The first kappa shape index (κ1) is 39.6. The quantitative estimate of drug-likeness (QED) is 0.165. The van der Waals surface area contributed by atoms with Crippen molar-refractivity contribution in [1.82, 2.24) is 26.0 Å². The van der Waals surface area contributed by atoms with Gasteiger partial charge in [0.2, 0.25) is 21.8 Å². The number of carboxylic acids is 1. The molecule has 0 saturated carbocycles. The maximum Gasteiger partial charge on any atom is 0.323 e. The van der Waals surface area contributed by atoms with E-state index in [1.807, 2.05) is 0 Å². The SMILES string of the molecule is Cl.Cl.O=C(CNC(=O)C(CCC1CCNCC1)CCC1CCNCC1)NCC(NS(=O)(=O)c1ccc(F)c2ccccc12)C(=O)O. The van der Waals surface area contributed by atoms with Crippen LogP contribution in [-0.2, 0) is 24.4 Å². The van der Waals surface area contributed by atoms with Gasteiger partial charge in [-0.2, -0.15) is 4.72 Å². The van der Waals surface area contributed by atoms with Gasteiger partial charge in [0, 0.05) is 23.2 Å². The lowest BCUT2D eigenvalue weighted by atomic mass is 9.84. The Kier molecular flexibility index (Phi) is 16.6. The third kappa shape index (κ3) is 11.6. The Morgan fingerprint density at radius 2 is 1.39 bits per heavy atom. The number of nitrogens with one attached hydrogen (secondary N) is 5. The summed E-state index contributed by atoms with van der Waals surface area (Å²) in [6, 6.07) is 6.36. The fraction of sp³-hybridized carbons (Fsp3) is 0.581. The number of piperidine rings is 2. The van der Waals surface area contributed by atoms with Gasteiger partial charge in [0.05, 0.1) is 11.4 Å². The molecule has 2 aromatic rings. The van der Waals surface area contributed by atoms with Gasteiger partial charge in [-0.05, 0) is 102 Å². The lowest BCUT2D eigenvalue weighted by molar-refractivity contribution is -0.139. The molecule has 0 radical (unpaired) electrons. The Morgan fingerprint density at radius 3 is 1.93 bits per heavy atom. The number of aliphatic carboxylic acids is 1. The highest BCUT2D eigenvalue weighted by Gasteiger charge is 2.28. The predicted octanol–water partition coefficient (Wildman–Crippen LogP) is 2.96. The molecule has 0 bridgehead atoms. The summed E-state index contributed by atoms with van der Waals surface area (Å²) in [5.74, 6) is -1.98. The summed E-state index contributed by atoms with van der Waals surface area (Å²) in [5.41, 5.74) is 0. The van der Waals surface area contributed by atoms with Gasteiger partial charge in [-0.25, -0.2) is 12.8 Å². The molecule has 2 heterocycles. The molecule has 15 heteroatoms. The first-order valence-corrected chi connectivity index (χ1v) is 17.0. The maximum atomic E-state index is 14.2. The van der Waals surface area contributed by atoms with Crippen LogP contribution in [0.3, 0.4) is 0 Å². The zero-order valence-corrected chi connectivity index (χ0v) is 28.2. The minimum Gasteiger partial charge on any atom is -0.480 e. The van der Waals surface area contributed by atoms with Crippen molar-refractivity contribution in [3.8, 4) is 0 Å². The number of fused-ring (bicyclic) bond motifs is 1. The second kappa shape index (κ2) is 19.3. The molecule has 2 aromatic carbocycles. The lowest BCUT2D eigenvalue weighted by Crippen LogP contribution is -2.50. The van der Waals surface area contributed by atoms with Gasteiger partial charge < -0.3 is 26.4 Å². The van der Waals surface area contributed by atoms with Gasteiger partial charge in [-0.15, -0.1) is 24.8 Å². The van der Waals surface area contributed by atoms with Crippen molar-refractivity contribution in [3.63, 3.8) is 0 Å². The van der Waals surface area contributed by atoms with Gasteiger partial charge in [0.15, 0.2) is 0 Å². The van der Waals surface area contributed by atoms with E-state index in [1.54, 1.807) is 12.1 Å². The van der Waals surface area contributed by atoms with Gasteiger partial charge >= 0.3 is 5.97 Å². The van der Waals surface area contributed by atoms with Crippen LogP contribution >= 0.6 is 24.8 Å². The number of hydrogen-bond acceptors (Lipinski definition) is 7. The van der Waals surface area contributed by atoms with Crippen molar-refractivity contribution in [3.05, 3.63) is 42.2 Å². The molecule has 258 valence electrons. The smallest absolute Gasteiger partial charge is 0.323 e. The summed E-state index contributed by atoms with van der Waals surface area (Å²) in [6.45, 7) is 3.07. The highest BCUT2D eigenvalue weighted by atomic mass is 35.5. The summed E-state index contributed by atoms with van der Waals surface area (Å²) in [4.78, 5) is 37.4. The number of amides is 2. The van der Waals surface area contributed by atoms with Gasteiger partial charge in [-0.1, -0.05) is 24.3 Å². The molecule has 46 heavy (non-hydrogen) atoms. The van der Waals surface area contributed by atoms with E-state index in [-0.39, 0.29) is 58.9 Å². The third-order valence-corrected chi connectivity index (χ3v) is 10.3. The Balaban J connectivity index is 0.00000368. The molecule has 4 rings (SSSR count). The van der Waals surface area contributed by atoms with E-state index in [1.165, 1.54) is 12.1 Å². The maximum absolute atomic E-state index is 14.2. The van der Waals surface area contributed by atoms with Crippen LogP contribution in [0.15, 0.2) is 41.3 Å². The summed E-state index contributed by atoms with van der Waals surface area (Å²) in [5, 5.41) is 21.7. The van der Waals surface area contributed by atoms with Crippen LogP contribution in [0.25, 0.3) is 10.8 Å². The van der Waals surface area contributed by atoms with Gasteiger partial charge in [0.1, 0.15) is 11.9 Å². The van der Waals surface area contributed by atoms with Crippen LogP contribution in [0.2, 0.25) is 0 Å². The number of hydrogen-bond donors (Lipinski definition) is 6. The average Bonchev–Trinajstić information content (AvgIpc) is 3.03. The number of carbonyl (C=O) groups excluding carboxylic acids is 2. The third-order valence-electron chi connectivity index (χ3n) is 8.78. The van der Waals surface area contributed by atoms with E-state index in [2.05, 4.69) is 26.0 Å². The highest BCUT2D eigenvalue weighted by Crippen LogP contribution is 2.27. The normalized spacial score (nSPS) is 16.7. The summed E-state index contributed by atoms with van der Waals surface area (Å²) in [6.07, 6.45) is 7.81. The molecule has 2 fully saturated rings. The van der Waals surface area contributed by atoms with Crippen molar-refractivity contribution in [2.75, 3.05) is 39.3 Å². The number of rotatable bonds is 15. The van der Waals surface area contributed by atoms with E-state index in [4.69, 9.17) is 0 Å². The molecule has 2 saturated heterocycles. The van der Waals surface area contributed by atoms with Gasteiger partial charge in [-0.3, -0.25) is 14.4 Å². The molecule has 2 aliphatic heterocycles. The minimum absolute atomic E-state index is 0. The van der Waals surface area contributed by atoms with Crippen molar-refractivity contribution in [2.24, 2.45) is 17.8 Å². The molecule has 0 spiro atoms. The average molecular weight is 707 g/mol. The number of carbonyl (C=O) groups is 3. The fourth-order valence-corrected chi connectivity index (χ4v) is 7.51. The van der Waals surface area contributed by atoms with Crippen LogP contribution in [0.1, 0.15) is 51.4 Å². The monoisotopic (exact) mass is 705 g/mol. The first-order valence-electron chi connectivity index (χ1n) is 15.5. The number of benzene rings is 2. The first-order chi connectivity index (χ1) is 21.1. The van der Waals surface area contributed by atoms with E-state index in [0.29, 0.717) is 11.8 Å². The largest absolute Gasteiger partial charge is 0.480 e. The van der Waals surface area contributed by atoms with E-state index < -0.39 is 40.3 Å². The number of sulfonamides is 1. The van der Waals surface area contributed by atoms with Crippen LogP contribution < -0.4 is 26.0 Å². The zero-order chi connectivity index (χ0) is 31.5. The van der Waals surface area contributed by atoms with Crippen molar-refractivity contribution >= 4 is 63.4 Å². The molecule has 1 atom stereocenters. The summed E-state index contributed by atoms with van der Waals surface area (Å²) >= 11 is 0. The van der Waals surface area contributed by atoms with E-state index >= 15 is 0 Å². The zero-order valence-electron chi connectivity index (χ0n) is 25.8. The molecule has 0 aliphatic carbocycles.